The fraction of sp³-hybridized carbons (Fsp3) is 0.391. The number of likely N-dealkylation sites (tertiary alicyclic amines) is 1. The summed E-state index contributed by atoms with van der Waals surface area (Å²) in [5.74, 6) is -1.25. The van der Waals surface area contributed by atoms with Gasteiger partial charge in [0.2, 0.25) is 5.91 Å². The molecule has 3 N–H and O–H groups in total. The van der Waals surface area contributed by atoms with Gasteiger partial charge in [0.05, 0.1) is 25.1 Å². The first kappa shape index (κ1) is 26.1. The van der Waals surface area contributed by atoms with Crippen LogP contribution < -0.4 is 19.9 Å². The van der Waals surface area contributed by atoms with Crippen molar-refractivity contribution in [1.29, 1.82) is 0 Å². The summed E-state index contributed by atoms with van der Waals surface area (Å²) in [4.78, 5) is 25.6. The lowest BCUT2D eigenvalue weighted by Crippen LogP contribution is -2.49. The minimum atomic E-state index is -4.81. The van der Waals surface area contributed by atoms with Crippen LogP contribution in [0.15, 0.2) is 42.5 Å². The fourth-order valence-electron chi connectivity index (χ4n) is 3.56. The zero-order valence-electron chi connectivity index (χ0n) is 18.5. The number of carbonyl (C=O) groups excluding carboxylic acids is 2. The quantitative estimate of drug-likeness (QED) is 0.512. The Morgan fingerprint density at radius 2 is 1.80 bits per heavy atom. The number of ether oxygens (including phenoxy) is 3. The first-order valence-corrected chi connectivity index (χ1v) is 10.7. The van der Waals surface area contributed by atoms with Crippen molar-refractivity contribution in [2.45, 2.75) is 31.5 Å². The Bertz CT molecular complexity index is 1030. The second-order valence-electron chi connectivity index (χ2n) is 7.76. The lowest BCUT2D eigenvalue weighted by atomic mass is 10.0. The third-order valence-electron chi connectivity index (χ3n) is 5.20. The van der Waals surface area contributed by atoms with Crippen molar-refractivity contribution in [3.8, 4) is 17.2 Å². The Hall–Kier alpha value is -3.54. The van der Waals surface area contributed by atoms with Gasteiger partial charge < -0.3 is 30.0 Å². The van der Waals surface area contributed by atoms with Crippen molar-refractivity contribution < 1.29 is 46.5 Å². The predicted octanol–water partition coefficient (Wildman–Crippen LogP) is 2.62. The Morgan fingerprint density at radius 3 is 2.40 bits per heavy atom. The highest BCUT2D eigenvalue weighted by molar-refractivity contribution is 5.95. The van der Waals surface area contributed by atoms with Crippen molar-refractivity contribution in [2.24, 2.45) is 5.73 Å². The normalized spacial score (nSPS) is 18.1. The Balaban J connectivity index is 1.59. The maximum Gasteiger partial charge on any atom is 0.573 e. The van der Waals surface area contributed by atoms with E-state index in [-0.39, 0.29) is 50.5 Å². The van der Waals surface area contributed by atoms with E-state index < -0.39 is 36.2 Å². The number of aliphatic hydroxyl groups is 1. The average molecular weight is 500 g/mol. The molecule has 3 rings (SSSR count). The van der Waals surface area contributed by atoms with Crippen LogP contribution in [0.25, 0.3) is 0 Å². The minimum Gasteiger partial charge on any atom is -0.491 e. The number of hydrogen-bond donors (Lipinski definition) is 2. The van der Waals surface area contributed by atoms with Gasteiger partial charge in [-0.3, -0.25) is 9.59 Å². The molecule has 1 aliphatic heterocycles. The van der Waals surface area contributed by atoms with E-state index >= 15 is 0 Å². The molecule has 1 aliphatic rings. The molecule has 1 heterocycles. The predicted molar refractivity (Wildman–Crippen MR) is 115 cm³/mol. The molecule has 0 aromatic heterocycles. The Morgan fingerprint density at radius 1 is 1.11 bits per heavy atom. The SMILES string of the molecule is NC(=O)c1ccc(OCCO)cc1OC1CCN(C(=O)Cc2ccc(OC(F)(F)F)cc2)CC1F. The van der Waals surface area contributed by atoms with Gasteiger partial charge in [-0.05, 0) is 29.8 Å². The van der Waals surface area contributed by atoms with Crippen molar-refractivity contribution in [3.05, 3.63) is 53.6 Å². The molecule has 8 nitrogen and oxygen atoms in total. The smallest absolute Gasteiger partial charge is 0.491 e. The van der Waals surface area contributed by atoms with E-state index in [2.05, 4.69) is 4.74 Å². The highest BCUT2D eigenvalue weighted by atomic mass is 19.4. The van der Waals surface area contributed by atoms with Crippen LogP contribution in [0.4, 0.5) is 17.6 Å². The number of amides is 2. The first-order chi connectivity index (χ1) is 16.6. The number of nitrogens with two attached hydrogens (primary N) is 1. The highest BCUT2D eigenvalue weighted by Gasteiger charge is 2.34. The summed E-state index contributed by atoms with van der Waals surface area (Å²) in [7, 11) is 0. The van der Waals surface area contributed by atoms with Gasteiger partial charge >= 0.3 is 6.36 Å². The van der Waals surface area contributed by atoms with E-state index in [1.807, 2.05) is 0 Å². The molecule has 2 aromatic rings. The van der Waals surface area contributed by atoms with Crippen LogP contribution in [0, 0.1) is 0 Å². The summed E-state index contributed by atoms with van der Waals surface area (Å²) in [6.07, 6.45) is -7.33. The maximum atomic E-state index is 14.9. The topological polar surface area (TPSA) is 111 Å². The summed E-state index contributed by atoms with van der Waals surface area (Å²) in [6, 6.07) is 9.09. The fourth-order valence-corrected chi connectivity index (χ4v) is 3.56. The van der Waals surface area contributed by atoms with Crippen molar-refractivity contribution in [1.82, 2.24) is 4.90 Å². The number of piperidine rings is 1. The number of benzene rings is 2. The number of rotatable bonds is 9. The molecule has 0 radical (unpaired) electrons. The monoisotopic (exact) mass is 500 g/mol. The van der Waals surface area contributed by atoms with Crippen LogP contribution in [0.2, 0.25) is 0 Å². The van der Waals surface area contributed by atoms with Gasteiger partial charge in [-0.25, -0.2) is 4.39 Å². The van der Waals surface area contributed by atoms with Gasteiger partial charge in [0.15, 0.2) is 6.17 Å². The summed E-state index contributed by atoms with van der Waals surface area (Å²) in [6.45, 7) is -0.296. The van der Waals surface area contributed by atoms with Gasteiger partial charge in [-0.1, -0.05) is 12.1 Å². The molecule has 12 heteroatoms. The van der Waals surface area contributed by atoms with Gasteiger partial charge in [-0.15, -0.1) is 13.2 Å². The molecule has 1 fully saturated rings. The molecule has 0 saturated carbocycles. The molecular weight excluding hydrogens is 476 g/mol. The summed E-state index contributed by atoms with van der Waals surface area (Å²) >= 11 is 0. The first-order valence-electron chi connectivity index (χ1n) is 10.7. The lowest BCUT2D eigenvalue weighted by molar-refractivity contribution is -0.274. The van der Waals surface area contributed by atoms with Crippen LogP contribution in [-0.2, 0) is 11.2 Å². The average Bonchev–Trinajstić information content (AvgIpc) is 2.79. The molecule has 2 atom stereocenters. The van der Waals surface area contributed by atoms with Gasteiger partial charge in [0.1, 0.15) is 30.0 Å². The molecule has 2 aromatic carbocycles. The second kappa shape index (κ2) is 11.3. The molecule has 2 unspecified atom stereocenters. The molecule has 35 heavy (non-hydrogen) atoms. The Labute approximate surface area is 198 Å². The number of aliphatic hydroxyl groups excluding tert-OH is 1. The van der Waals surface area contributed by atoms with Crippen LogP contribution in [0.1, 0.15) is 22.3 Å². The third kappa shape index (κ3) is 7.47. The van der Waals surface area contributed by atoms with E-state index in [0.29, 0.717) is 11.3 Å². The number of hydrogen-bond acceptors (Lipinski definition) is 6. The van der Waals surface area contributed by atoms with Crippen LogP contribution >= 0.6 is 0 Å². The molecule has 0 spiro atoms. The maximum absolute atomic E-state index is 14.9. The van der Waals surface area contributed by atoms with Crippen LogP contribution in [-0.4, -0.2) is 66.8 Å². The van der Waals surface area contributed by atoms with E-state index in [9.17, 15) is 27.2 Å². The summed E-state index contributed by atoms with van der Waals surface area (Å²) < 4.78 is 66.5. The molecule has 0 bridgehead atoms. The molecule has 1 saturated heterocycles. The van der Waals surface area contributed by atoms with E-state index in [4.69, 9.17) is 20.3 Å². The van der Waals surface area contributed by atoms with E-state index in [0.717, 1.165) is 12.1 Å². The summed E-state index contributed by atoms with van der Waals surface area (Å²) in [5, 5.41) is 8.89. The van der Waals surface area contributed by atoms with Crippen molar-refractivity contribution in [3.63, 3.8) is 0 Å². The van der Waals surface area contributed by atoms with Crippen molar-refractivity contribution >= 4 is 11.8 Å². The number of primary amides is 1. The largest absolute Gasteiger partial charge is 0.573 e. The zero-order chi connectivity index (χ0) is 25.6. The van der Waals surface area contributed by atoms with Crippen LogP contribution in [0.5, 0.6) is 17.2 Å². The minimum absolute atomic E-state index is 0.0136. The second-order valence-corrected chi connectivity index (χ2v) is 7.76. The molecule has 2 amide bonds. The third-order valence-corrected chi connectivity index (χ3v) is 5.20. The standard InChI is InChI=1S/C23H24F4N2O6/c24-18-13-29(21(31)11-14-1-3-15(4-2-14)35-23(25,26)27)8-7-19(18)34-20-12-16(33-10-9-30)5-6-17(20)22(28)32/h1-6,12,18-19,30H,7-11,13H2,(H2,28,32). The van der Waals surface area contributed by atoms with Gasteiger partial charge in [-0.2, -0.15) is 0 Å². The zero-order valence-corrected chi connectivity index (χ0v) is 18.5. The Kier molecular flexibility index (Phi) is 8.39. The summed E-state index contributed by atoms with van der Waals surface area (Å²) in [5.41, 5.74) is 5.85. The van der Waals surface area contributed by atoms with E-state index in [1.165, 1.54) is 35.2 Å². The number of alkyl halides is 4. The van der Waals surface area contributed by atoms with Crippen LogP contribution in [0.3, 0.4) is 0 Å². The number of halogens is 4. The van der Waals surface area contributed by atoms with E-state index in [1.54, 1.807) is 0 Å². The lowest BCUT2D eigenvalue weighted by Gasteiger charge is -2.35. The van der Waals surface area contributed by atoms with Crippen molar-refractivity contribution in [2.75, 3.05) is 26.3 Å². The highest BCUT2D eigenvalue weighted by Crippen LogP contribution is 2.29. The number of carbonyl (C=O) groups is 2. The van der Waals surface area contributed by atoms with Gasteiger partial charge in [0.25, 0.3) is 5.91 Å². The van der Waals surface area contributed by atoms with Gasteiger partial charge in [0, 0.05) is 19.0 Å². The molecular formula is C23H24F4N2O6. The number of nitrogens with zero attached hydrogens (tertiary/aromatic N) is 1. The molecule has 190 valence electrons. The molecule has 0 aliphatic carbocycles.